The maximum atomic E-state index is 4.53. The van der Waals surface area contributed by atoms with E-state index in [1.54, 1.807) is 0 Å². The van der Waals surface area contributed by atoms with Crippen molar-refractivity contribution in [1.82, 2.24) is 0 Å². The second-order valence-electron chi connectivity index (χ2n) is 4.04. The standard InChI is InChI=1S/C10H19N2/c1-7(2)10-6-9(5)11-12(10)8(3)4/h6-9H,1-5H3/q+1. The number of nitrogens with zero attached hydrogens (tertiary/aromatic N) is 2. The molecule has 0 fully saturated rings. The van der Waals surface area contributed by atoms with Gasteiger partial charge in [0.25, 0.3) is 0 Å². The lowest BCUT2D eigenvalue weighted by Crippen LogP contribution is -2.18. The van der Waals surface area contributed by atoms with Crippen molar-refractivity contribution in [2.75, 3.05) is 0 Å². The molecule has 0 radical (unpaired) electrons. The molecule has 0 saturated carbocycles. The first kappa shape index (κ1) is 9.43. The second-order valence-corrected chi connectivity index (χ2v) is 4.04. The van der Waals surface area contributed by atoms with Gasteiger partial charge >= 0.3 is 0 Å². The first-order chi connectivity index (χ1) is 5.52. The topological polar surface area (TPSA) is 15.4 Å². The lowest BCUT2D eigenvalue weighted by molar-refractivity contribution is -0.578. The van der Waals surface area contributed by atoms with Crippen LogP contribution in [0.1, 0.15) is 34.6 Å². The van der Waals surface area contributed by atoms with Gasteiger partial charge in [-0.25, -0.2) is 0 Å². The van der Waals surface area contributed by atoms with E-state index in [1.807, 2.05) is 0 Å². The lowest BCUT2D eigenvalue weighted by atomic mass is 10.1. The second kappa shape index (κ2) is 3.38. The molecule has 0 spiro atoms. The summed E-state index contributed by atoms with van der Waals surface area (Å²) in [5.41, 5.74) is 1.37. The highest BCUT2D eigenvalue weighted by Gasteiger charge is 2.29. The van der Waals surface area contributed by atoms with Gasteiger partial charge < -0.3 is 0 Å². The molecule has 1 aliphatic heterocycles. The van der Waals surface area contributed by atoms with E-state index in [1.165, 1.54) is 5.70 Å². The summed E-state index contributed by atoms with van der Waals surface area (Å²) < 4.78 is 2.15. The summed E-state index contributed by atoms with van der Waals surface area (Å²) >= 11 is 0. The highest BCUT2D eigenvalue weighted by molar-refractivity contribution is 5.02. The normalized spacial score (nSPS) is 23.4. The van der Waals surface area contributed by atoms with Crippen LogP contribution in [-0.4, -0.2) is 16.8 Å². The SMILES string of the molecule is CC1C=C(C(C)C)[N+](C(C)C)=N1. The van der Waals surface area contributed by atoms with E-state index in [0.29, 0.717) is 18.0 Å². The number of hydrogen-bond acceptors (Lipinski definition) is 1. The van der Waals surface area contributed by atoms with E-state index < -0.39 is 0 Å². The quantitative estimate of drug-likeness (QED) is 0.562. The molecule has 12 heavy (non-hydrogen) atoms. The molecule has 68 valence electrons. The van der Waals surface area contributed by atoms with Crippen molar-refractivity contribution < 1.29 is 4.70 Å². The minimum absolute atomic E-state index is 0.366. The molecule has 2 nitrogen and oxygen atoms in total. The van der Waals surface area contributed by atoms with Crippen molar-refractivity contribution in [3.05, 3.63) is 11.8 Å². The zero-order chi connectivity index (χ0) is 9.30. The summed E-state index contributed by atoms with van der Waals surface area (Å²) in [4.78, 5) is 0. The molecule has 0 saturated heterocycles. The Morgan fingerprint density at radius 3 is 2.25 bits per heavy atom. The van der Waals surface area contributed by atoms with E-state index in [2.05, 4.69) is 50.5 Å². The Bertz CT molecular complexity index is 200. The third-order valence-corrected chi connectivity index (χ3v) is 2.06. The van der Waals surface area contributed by atoms with Crippen LogP contribution in [0.15, 0.2) is 16.9 Å². The predicted molar refractivity (Wildman–Crippen MR) is 50.2 cm³/mol. The van der Waals surface area contributed by atoms with Crippen LogP contribution in [0.3, 0.4) is 0 Å². The minimum atomic E-state index is 0.366. The summed E-state index contributed by atoms with van der Waals surface area (Å²) in [6.45, 7) is 10.9. The molecule has 1 rings (SSSR count). The van der Waals surface area contributed by atoms with Gasteiger partial charge in [-0.1, -0.05) is 18.5 Å². The molecule has 0 aliphatic carbocycles. The van der Waals surface area contributed by atoms with Crippen LogP contribution >= 0.6 is 0 Å². The monoisotopic (exact) mass is 167 g/mol. The fourth-order valence-electron chi connectivity index (χ4n) is 1.51. The third kappa shape index (κ3) is 1.74. The van der Waals surface area contributed by atoms with Gasteiger partial charge in [-0.05, 0) is 25.9 Å². The van der Waals surface area contributed by atoms with Crippen LogP contribution in [0.5, 0.6) is 0 Å². The molecule has 1 aliphatic rings. The first-order valence-corrected chi connectivity index (χ1v) is 4.74. The molecule has 0 bridgehead atoms. The first-order valence-electron chi connectivity index (χ1n) is 4.74. The van der Waals surface area contributed by atoms with Crippen molar-refractivity contribution in [2.24, 2.45) is 11.0 Å². The summed E-state index contributed by atoms with van der Waals surface area (Å²) in [5, 5.41) is 4.53. The van der Waals surface area contributed by atoms with E-state index in [9.17, 15) is 0 Å². The Hall–Kier alpha value is -0.660. The fraction of sp³-hybridized carbons (Fsp3) is 0.800. The van der Waals surface area contributed by atoms with E-state index in [0.717, 1.165) is 0 Å². The van der Waals surface area contributed by atoms with Crippen molar-refractivity contribution in [3.8, 4) is 0 Å². The molecule has 0 N–H and O–H groups in total. The zero-order valence-corrected chi connectivity index (χ0v) is 8.70. The van der Waals surface area contributed by atoms with Crippen LogP contribution in [0.4, 0.5) is 0 Å². The highest BCUT2D eigenvalue weighted by atomic mass is 15.3. The molecule has 0 aromatic heterocycles. The van der Waals surface area contributed by atoms with Gasteiger partial charge in [0.1, 0.15) is 6.04 Å². The Morgan fingerprint density at radius 2 is 1.92 bits per heavy atom. The van der Waals surface area contributed by atoms with Gasteiger partial charge in [-0.3, -0.25) is 0 Å². The summed E-state index contributed by atoms with van der Waals surface area (Å²) in [6, 6.07) is 0.855. The van der Waals surface area contributed by atoms with Crippen LogP contribution < -0.4 is 0 Å². The fourth-order valence-corrected chi connectivity index (χ4v) is 1.51. The number of hydrogen-bond donors (Lipinski definition) is 0. The largest absolute Gasteiger partial charge is 0.209 e. The maximum absolute atomic E-state index is 4.53. The van der Waals surface area contributed by atoms with Crippen LogP contribution in [0.25, 0.3) is 0 Å². The third-order valence-electron chi connectivity index (χ3n) is 2.06. The number of azo groups is 2. The lowest BCUT2D eigenvalue weighted by Gasteiger charge is -2.05. The van der Waals surface area contributed by atoms with Gasteiger partial charge in [0.05, 0.1) is 0 Å². The Kier molecular flexibility index (Phi) is 2.65. The van der Waals surface area contributed by atoms with Gasteiger partial charge in [-0.2, -0.15) is 0 Å². The maximum Gasteiger partial charge on any atom is 0.209 e. The molecule has 0 aromatic carbocycles. The van der Waals surface area contributed by atoms with Crippen LogP contribution in [-0.2, 0) is 0 Å². The van der Waals surface area contributed by atoms with Crippen LogP contribution in [0, 0.1) is 5.92 Å². The average molecular weight is 167 g/mol. The molecule has 0 amide bonds. The average Bonchev–Trinajstić information content (AvgIpc) is 2.31. The van der Waals surface area contributed by atoms with Crippen LogP contribution in [0.2, 0.25) is 0 Å². The molecular weight excluding hydrogens is 148 g/mol. The number of rotatable bonds is 2. The highest BCUT2D eigenvalue weighted by Crippen LogP contribution is 2.21. The van der Waals surface area contributed by atoms with E-state index in [-0.39, 0.29) is 0 Å². The molecule has 1 heterocycles. The zero-order valence-electron chi connectivity index (χ0n) is 8.70. The number of allylic oxidation sites excluding steroid dienone is 1. The van der Waals surface area contributed by atoms with Crippen molar-refractivity contribution in [1.29, 1.82) is 0 Å². The molecule has 1 unspecified atom stereocenters. The van der Waals surface area contributed by atoms with Gasteiger partial charge in [0.2, 0.25) is 5.70 Å². The molecule has 2 heteroatoms. The molecule has 1 atom stereocenters. The Balaban J connectivity index is 2.87. The molecular formula is C10H19N2+. The summed E-state index contributed by atoms with van der Waals surface area (Å²) in [6.07, 6.45) is 2.25. The smallest absolute Gasteiger partial charge is 0.0905 e. The van der Waals surface area contributed by atoms with Crippen molar-refractivity contribution in [3.63, 3.8) is 0 Å². The van der Waals surface area contributed by atoms with Crippen molar-refractivity contribution >= 4 is 0 Å². The minimum Gasteiger partial charge on any atom is -0.0905 e. The Morgan fingerprint density at radius 1 is 1.33 bits per heavy atom. The Labute approximate surface area is 75.0 Å². The van der Waals surface area contributed by atoms with Gasteiger partial charge in [0, 0.05) is 12.0 Å². The van der Waals surface area contributed by atoms with Gasteiger partial charge in [0.15, 0.2) is 6.04 Å². The molecule has 0 aromatic rings. The summed E-state index contributed by atoms with van der Waals surface area (Å²) in [5.74, 6) is 0.584. The van der Waals surface area contributed by atoms with Gasteiger partial charge in [-0.15, -0.1) is 0 Å². The van der Waals surface area contributed by atoms with Crippen molar-refractivity contribution in [2.45, 2.75) is 46.7 Å². The van der Waals surface area contributed by atoms with E-state index in [4.69, 9.17) is 0 Å². The summed E-state index contributed by atoms with van der Waals surface area (Å²) in [7, 11) is 0. The predicted octanol–water partition coefficient (Wildman–Crippen LogP) is 2.80. The van der Waals surface area contributed by atoms with E-state index >= 15 is 0 Å².